The van der Waals surface area contributed by atoms with E-state index in [-0.39, 0.29) is 5.91 Å². The van der Waals surface area contributed by atoms with Crippen molar-refractivity contribution in [1.29, 1.82) is 0 Å². The minimum Gasteiger partial charge on any atom is -0.457 e. The normalized spacial score (nSPS) is 19.3. The van der Waals surface area contributed by atoms with Gasteiger partial charge in [-0.2, -0.15) is 10.2 Å². The molecule has 2 aliphatic rings. The van der Waals surface area contributed by atoms with Crippen LogP contribution in [0.4, 0.5) is 11.5 Å². The smallest absolute Gasteiger partial charge is 0.246 e. The van der Waals surface area contributed by atoms with Crippen LogP contribution in [-0.4, -0.2) is 91.3 Å². The van der Waals surface area contributed by atoms with Gasteiger partial charge < -0.3 is 19.7 Å². The number of nitrogens with zero attached hydrogens (tertiary/aromatic N) is 8. The number of fused-ring (bicyclic) bond motifs is 2. The Morgan fingerprint density at radius 3 is 2.66 bits per heavy atom. The van der Waals surface area contributed by atoms with E-state index in [1.807, 2.05) is 65.1 Å². The molecule has 2 fully saturated rings. The molecule has 2 atom stereocenters. The number of methoxy groups -OCH3 is 1. The molecule has 244 valence electrons. The molecule has 47 heavy (non-hydrogen) atoms. The minimum atomic E-state index is 0.0958. The number of aromatic nitrogens is 6. The van der Waals surface area contributed by atoms with Crippen molar-refractivity contribution in [2.24, 2.45) is 11.8 Å². The lowest BCUT2D eigenvalue weighted by molar-refractivity contribution is -0.127. The highest BCUT2D eigenvalue weighted by Gasteiger charge is 2.29. The van der Waals surface area contributed by atoms with E-state index in [1.54, 1.807) is 24.0 Å². The summed E-state index contributed by atoms with van der Waals surface area (Å²) in [6, 6.07) is 11.8. The van der Waals surface area contributed by atoms with Crippen LogP contribution in [0.15, 0.2) is 73.6 Å². The molecule has 0 aliphatic carbocycles. The third-order valence-corrected chi connectivity index (χ3v) is 9.50. The number of anilines is 2. The second-order valence-corrected chi connectivity index (χ2v) is 12.7. The number of pyridine rings is 1. The van der Waals surface area contributed by atoms with Gasteiger partial charge in [-0.15, -0.1) is 0 Å². The first-order valence-electron chi connectivity index (χ1n) is 16.3. The lowest BCUT2D eigenvalue weighted by atomic mass is 9.90. The fourth-order valence-electron chi connectivity index (χ4n) is 6.91. The summed E-state index contributed by atoms with van der Waals surface area (Å²) in [5.41, 5.74) is 4.77. The van der Waals surface area contributed by atoms with E-state index in [9.17, 15) is 4.79 Å². The molecule has 5 aromatic rings. The quantitative estimate of drug-likeness (QED) is 0.210. The van der Waals surface area contributed by atoms with Crippen molar-refractivity contribution in [1.82, 2.24) is 39.0 Å². The molecule has 6 heterocycles. The first-order valence-corrected chi connectivity index (χ1v) is 16.3. The number of hydrogen-bond donors (Lipinski definition) is 1. The highest BCUT2D eigenvalue weighted by molar-refractivity contribution is 5.87. The van der Waals surface area contributed by atoms with Crippen LogP contribution in [0.2, 0.25) is 0 Å². The Morgan fingerprint density at radius 1 is 1.02 bits per heavy atom. The molecule has 1 aromatic carbocycles. The Bertz CT molecular complexity index is 1890. The topological polar surface area (TPSA) is 114 Å². The molecular formula is C35H41N9O3. The van der Waals surface area contributed by atoms with Crippen molar-refractivity contribution in [2.75, 3.05) is 51.8 Å². The van der Waals surface area contributed by atoms with E-state index in [4.69, 9.17) is 9.47 Å². The molecule has 2 aliphatic heterocycles. The SMILES string of the molecule is COCC1CN(C/C=C/C(=O)N2CCC(c3ccn4ncnc(Nc5ccc(Oc6ccn7ncnc7c6)c(C)c5)c34)CC2)CC1C. The van der Waals surface area contributed by atoms with Crippen LogP contribution in [0, 0.1) is 18.8 Å². The fraction of sp³-hybridized carbons (Fsp3) is 0.400. The summed E-state index contributed by atoms with van der Waals surface area (Å²) in [5.74, 6) is 3.78. The average Bonchev–Trinajstić information content (AvgIpc) is 3.81. The lowest BCUT2D eigenvalue weighted by Gasteiger charge is -2.31. The molecule has 2 saturated heterocycles. The van der Waals surface area contributed by atoms with Crippen molar-refractivity contribution in [3.05, 3.63) is 84.7 Å². The van der Waals surface area contributed by atoms with Gasteiger partial charge in [-0.1, -0.05) is 13.0 Å². The van der Waals surface area contributed by atoms with E-state index < -0.39 is 0 Å². The zero-order chi connectivity index (χ0) is 32.3. The van der Waals surface area contributed by atoms with Crippen LogP contribution in [0.1, 0.15) is 36.8 Å². The van der Waals surface area contributed by atoms with Gasteiger partial charge in [0.25, 0.3) is 0 Å². The van der Waals surface area contributed by atoms with Gasteiger partial charge in [0.1, 0.15) is 29.7 Å². The predicted octanol–water partition coefficient (Wildman–Crippen LogP) is 5.09. The first kappa shape index (κ1) is 30.8. The number of aryl methyl sites for hydroxylation is 1. The van der Waals surface area contributed by atoms with Gasteiger partial charge in [0.15, 0.2) is 11.5 Å². The minimum absolute atomic E-state index is 0.0958. The second kappa shape index (κ2) is 13.5. The van der Waals surface area contributed by atoms with Gasteiger partial charge >= 0.3 is 0 Å². The van der Waals surface area contributed by atoms with Gasteiger partial charge in [0.05, 0.1) is 6.61 Å². The number of rotatable bonds is 10. The van der Waals surface area contributed by atoms with Gasteiger partial charge in [-0.05, 0) is 79.0 Å². The zero-order valence-corrected chi connectivity index (χ0v) is 27.1. The van der Waals surface area contributed by atoms with Crippen LogP contribution in [-0.2, 0) is 9.53 Å². The summed E-state index contributed by atoms with van der Waals surface area (Å²) in [7, 11) is 1.77. The predicted molar refractivity (Wildman–Crippen MR) is 179 cm³/mol. The number of likely N-dealkylation sites (tertiary alicyclic amines) is 2. The van der Waals surface area contributed by atoms with Crippen LogP contribution in [0.3, 0.4) is 0 Å². The number of amides is 1. The first-order chi connectivity index (χ1) is 22.9. The highest BCUT2D eigenvalue weighted by Crippen LogP contribution is 2.35. The summed E-state index contributed by atoms with van der Waals surface area (Å²) in [6.07, 6.45) is 12.5. The van der Waals surface area contributed by atoms with E-state index in [2.05, 4.69) is 43.4 Å². The molecule has 12 heteroatoms. The number of carbonyl (C=O) groups excluding carboxylic acids is 1. The average molecular weight is 636 g/mol. The Hall–Kier alpha value is -4.81. The number of piperidine rings is 1. The van der Waals surface area contributed by atoms with Crippen molar-refractivity contribution in [3.63, 3.8) is 0 Å². The summed E-state index contributed by atoms with van der Waals surface area (Å²) >= 11 is 0. The van der Waals surface area contributed by atoms with Gasteiger partial charge in [-0.25, -0.2) is 19.0 Å². The third kappa shape index (κ3) is 6.70. The van der Waals surface area contributed by atoms with E-state index in [0.717, 1.165) is 86.2 Å². The monoisotopic (exact) mass is 635 g/mol. The molecule has 4 aromatic heterocycles. The second-order valence-electron chi connectivity index (χ2n) is 12.7. The van der Waals surface area contributed by atoms with Crippen LogP contribution in [0.25, 0.3) is 11.2 Å². The third-order valence-electron chi connectivity index (χ3n) is 9.50. The number of carbonyl (C=O) groups is 1. The summed E-state index contributed by atoms with van der Waals surface area (Å²) in [6.45, 7) is 9.41. The Balaban J connectivity index is 0.979. The van der Waals surface area contributed by atoms with Gasteiger partial charge in [0, 0.05) is 70.1 Å². The van der Waals surface area contributed by atoms with E-state index in [1.165, 1.54) is 11.9 Å². The number of benzene rings is 1. The number of hydrogen-bond acceptors (Lipinski definition) is 9. The molecule has 0 spiro atoms. The van der Waals surface area contributed by atoms with Gasteiger partial charge in [0.2, 0.25) is 5.91 Å². The molecule has 0 bridgehead atoms. The molecule has 12 nitrogen and oxygen atoms in total. The maximum absolute atomic E-state index is 13.0. The standard InChI is InChI=1S/C35H41N9O3/c1-24-17-28(6-7-31(24)47-29-10-15-43-32(18-29)36-22-38-43)40-35-34-30(11-16-44(34)39-23-37-35)26-8-13-42(14-9-26)33(45)5-4-12-41-19-25(2)27(20-41)21-46-3/h4-7,10-11,15-18,22-23,25-27H,8-9,12-14,19-21H2,1-3H3,(H,37,39,40)/b5-4+. The highest BCUT2D eigenvalue weighted by atomic mass is 16.5. The van der Waals surface area contributed by atoms with Crippen molar-refractivity contribution in [3.8, 4) is 11.5 Å². The molecular weight excluding hydrogens is 594 g/mol. The summed E-state index contributed by atoms with van der Waals surface area (Å²) in [4.78, 5) is 26.2. The summed E-state index contributed by atoms with van der Waals surface area (Å²) in [5, 5.41) is 12.1. The molecule has 0 saturated carbocycles. The van der Waals surface area contributed by atoms with E-state index in [0.29, 0.717) is 23.5 Å². The van der Waals surface area contributed by atoms with Crippen LogP contribution in [0.5, 0.6) is 11.5 Å². The molecule has 1 N–H and O–H groups in total. The van der Waals surface area contributed by atoms with E-state index >= 15 is 0 Å². The Labute approximate surface area is 274 Å². The molecule has 1 amide bonds. The largest absolute Gasteiger partial charge is 0.457 e. The zero-order valence-electron chi connectivity index (χ0n) is 27.1. The Morgan fingerprint density at radius 2 is 1.83 bits per heavy atom. The lowest BCUT2D eigenvalue weighted by Crippen LogP contribution is -2.37. The van der Waals surface area contributed by atoms with Crippen LogP contribution < -0.4 is 10.1 Å². The van der Waals surface area contributed by atoms with Crippen molar-refractivity contribution in [2.45, 2.75) is 32.6 Å². The number of nitrogens with one attached hydrogen (secondary N) is 1. The molecule has 2 unspecified atom stereocenters. The van der Waals surface area contributed by atoms with Crippen molar-refractivity contribution < 1.29 is 14.3 Å². The number of ether oxygens (including phenoxy) is 2. The van der Waals surface area contributed by atoms with Crippen molar-refractivity contribution >= 4 is 28.6 Å². The Kier molecular flexibility index (Phi) is 8.86. The maximum atomic E-state index is 13.0. The fourth-order valence-corrected chi connectivity index (χ4v) is 6.91. The maximum Gasteiger partial charge on any atom is 0.246 e. The van der Waals surface area contributed by atoms with Crippen LogP contribution >= 0.6 is 0 Å². The molecule has 7 rings (SSSR count). The molecule has 0 radical (unpaired) electrons. The summed E-state index contributed by atoms with van der Waals surface area (Å²) < 4.78 is 15.1. The van der Waals surface area contributed by atoms with Gasteiger partial charge in [-0.3, -0.25) is 9.69 Å².